The van der Waals surface area contributed by atoms with E-state index in [4.69, 9.17) is 11.6 Å². The molecular formula is C10H21ClN2O3S. The van der Waals surface area contributed by atoms with Crippen LogP contribution < -0.4 is 10.0 Å². The fraction of sp³-hybridized carbons (Fsp3) is 0.900. The molecule has 0 aromatic carbocycles. The molecule has 0 heterocycles. The Labute approximate surface area is 108 Å². The van der Waals surface area contributed by atoms with E-state index in [0.717, 1.165) is 0 Å². The molecule has 0 aromatic heterocycles. The van der Waals surface area contributed by atoms with Crippen LogP contribution in [0.3, 0.4) is 0 Å². The lowest BCUT2D eigenvalue weighted by Crippen LogP contribution is -2.33. The minimum Gasteiger partial charge on any atom is -0.356 e. The third-order valence-corrected chi connectivity index (χ3v) is 3.67. The van der Waals surface area contributed by atoms with Crippen LogP contribution in [0, 0.1) is 5.92 Å². The molecule has 102 valence electrons. The summed E-state index contributed by atoms with van der Waals surface area (Å²) in [6.45, 7) is 4.73. The number of carbonyl (C=O) groups excluding carboxylic acids is 1. The number of nitrogens with one attached hydrogen (secondary N) is 2. The molecule has 0 aliphatic rings. The van der Waals surface area contributed by atoms with E-state index in [1.807, 2.05) is 13.8 Å². The molecule has 1 amide bonds. The van der Waals surface area contributed by atoms with Crippen molar-refractivity contribution in [3.05, 3.63) is 0 Å². The average Bonchev–Trinajstić information content (AvgIpc) is 2.23. The number of carbonyl (C=O) groups is 1. The summed E-state index contributed by atoms with van der Waals surface area (Å²) in [5, 5.41) is 2.72. The Bertz CT molecular complexity index is 318. The van der Waals surface area contributed by atoms with Gasteiger partial charge in [0, 0.05) is 25.4 Å². The van der Waals surface area contributed by atoms with E-state index < -0.39 is 10.0 Å². The van der Waals surface area contributed by atoms with Crippen LogP contribution in [-0.4, -0.2) is 39.0 Å². The maximum atomic E-state index is 11.3. The van der Waals surface area contributed by atoms with E-state index in [9.17, 15) is 13.2 Å². The monoisotopic (exact) mass is 284 g/mol. The van der Waals surface area contributed by atoms with Gasteiger partial charge in [-0.3, -0.25) is 4.79 Å². The third kappa shape index (κ3) is 10.5. The lowest BCUT2D eigenvalue weighted by molar-refractivity contribution is -0.121. The summed E-state index contributed by atoms with van der Waals surface area (Å²) in [4.78, 5) is 11.3. The van der Waals surface area contributed by atoms with Crippen LogP contribution in [0.2, 0.25) is 0 Å². The summed E-state index contributed by atoms with van der Waals surface area (Å²) in [6, 6.07) is 0. The summed E-state index contributed by atoms with van der Waals surface area (Å²) in [6.07, 6.45) is 0.573. The molecule has 0 atom stereocenters. The van der Waals surface area contributed by atoms with Gasteiger partial charge in [-0.1, -0.05) is 13.8 Å². The summed E-state index contributed by atoms with van der Waals surface area (Å²) < 4.78 is 25.0. The normalized spacial score (nSPS) is 11.8. The maximum absolute atomic E-state index is 11.3. The van der Waals surface area contributed by atoms with Crippen LogP contribution in [0.5, 0.6) is 0 Å². The van der Waals surface area contributed by atoms with Gasteiger partial charge in [-0.25, -0.2) is 13.1 Å². The number of hydrogen-bond acceptors (Lipinski definition) is 3. The Hall–Kier alpha value is -0.330. The summed E-state index contributed by atoms with van der Waals surface area (Å²) >= 11 is 5.41. The number of sulfonamides is 1. The Morgan fingerprint density at radius 3 is 2.53 bits per heavy atom. The molecule has 5 nitrogen and oxygen atoms in total. The van der Waals surface area contributed by atoms with E-state index in [2.05, 4.69) is 10.0 Å². The van der Waals surface area contributed by atoms with E-state index >= 15 is 0 Å². The van der Waals surface area contributed by atoms with Gasteiger partial charge >= 0.3 is 0 Å². The molecule has 0 saturated heterocycles. The van der Waals surface area contributed by atoms with Gasteiger partial charge in [0.15, 0.2) is 0 Å². The first kappa shape index (κ1) is 16.7. The number of amides is 1. The van der Waals surface area contributed by atoms with Crippen molar-refractivity contribution in [3.8, 4) is 0 Å². The lowest BCUT2D eigenvalue weighted by atomic mass is 10.2. The van der Waals surface area contributed by atoms with E-state index in [1.54, 1.807) is 0 Å². The first-order valence-electron chi connectivity index (χ1n) is 5.67. The number of hydrogen-bond donors (Lipinski definition) is 2. The van der Waals surface area contributed by atoms with E-state index in [-0.39, 0.29) is 24.6 Å². The zero-order valence-electron chi connectivity index (χ0n) is 10.3. The van der Waals surface area contributed by atoms with E-state index in [0.29, 0.717) is 24.8 Å². The van der Waals surface area contributed by atoms with Crippen LogP contribution in [0.15, 0.2) is 0 Å². The van der Waals surface area contributed by atoms with Crippen molar-refractivity contribution >= 4 is 27.5 Å². The SMILES string of the molecule is CC(C)CNC(=O)CCNS(=O)(=O)CCCCl. The molecular weight excluding hydrogens is 264 g/mol. The quantitative estimate of drug-likeness (QED) is 0.612. The first-order valence-corrected chi connectivity index (χ1v) is 7.86. The topological polar surface area (TPSA) is 75.3 Å². The molecule has 0 rings (SSSR count). The molecule has 0 fully saturated rings. The highest BCUT2D eigenvalue weighted by Crippen LogP contribution is 1.93. The second-order valence-corrected chi connectivity index (χ2v) is 6.51. The first-order chi connectivity index (χ1) is 7.87. The zero-order valence-corrected chi connectivity index (χ0v) is 11.9. The van der Waals surface area contributed by atoms with Crippen molar-refractivity contribution in [2.45, 2.75) is 26.7 Å². The fourth-order valence-corrected chi connectivity index (χ4v) is 2.42. The smallest absolute Gasteiger partial charge is 0.221 e. The second kappa shape index (κ2) is 8.72. The van der Waals surface area contributed by atoms with Gasteiger partial charge in [-0.15, -0.1) is 11.6 Å². The van der Waals surface area contributed by atoms with Gasteiger partial charge in [-0.2, -0.15) is 0 Å². The second-order valence-electron chi connectivity index (χ2n) is 4.20. The van der Waals surface area contributed by atoms with Crippen molar-refractivity contribution in [2.24, 2.45) is 5.92 Å². The summed E-state index contributed by atoms with van der Waals surface area (Å²) in [5.41, 5.74) is 0. The van der Waals surface area contributed by atoms with Crippen LogP contribution in [0.25, 0.3) is 0 Å². The van der Waals surface area contributed by atoms with Gasteiger partial charge in [0.25, 0.3) is 0 Å². The number of halogens is 1. The zero-order chi connectivity index (χ0) is 13.3. The minimum absolute atomic E-state index is 0.00408. The van der Waals surface area contributed by atoms with Crippen molar-refractivity contribution < 1.29 is 13.2 Å². The minimum atomic E-state index is -3.29. The molecule has 0 spiro atoms. The van der Waals surface area contributed by atoms with Crippen LogP contribution in [-0.2, 0) is 14.8 Å². The molecule has 7 heteroatoms. The summed E-state index contributed by atoms with van der Waals surface area (Å²) in [7, 11) is -3.29. The Morgan fingerprint density at radius 2 is 2.00 bits per heavy atom. The molecule has 0 saturated carbocycles. The Kier molecular flexibility index (Phi) is 8.55. The molecule has 0 radical (unpaired) electrons. The highest BCUT2D eigenvalue weighted by Gasteiger charge is 2.10. The molecule has 2 N–H and O–H groups in total. The maximum Gasteiger partial charge on any atom is 0.221 e. The molecule has 0 aromatic rings. The van der Waals surface area contributed by atoms with Gasteiger partial charge in [0.05, 0.1) is 5.75 Å². The third-order valence-electron chi connectivity index (χ3n) is 1.93. The summed E-state index contributed by atoms with van der Waals surface area (Å²) in [5.74, 6) is 0.568. The Balaban J connectivity index is 3.72. The molecule has 0 bridgehead atoms. The average molecular weight is 285 g/mol. The van der Waals surface area contributed by atoms with Crippen LogP contribution in [0.4, 0.5) is 0 Å². The standard InChI is InChI=1S/C10H21ClN2O3S/c1-9(2)8-12-10(14)4-6-13-17(15,16)7-3-5-11/h9,13H,3-8H2,1-2H3,(H,12,14). The molecule has 17 heavy (non-hydrogen) atoms. The van der Waals surface area contributed by atoms with Crippen molar-refractivity contribution in [3.63, 3.8) is 0 Å². The van der Waals surface area contributed by atoms with Gasteiger partial charge in [0.2, 0.25) is 15.9 Å². The predicted octanol–water partition coefficient (Wildman–Crippen LogP) is 0.697. The lowest BCUT2D eigenvalue weighted by Gasteiger charge is -2.08. The van der Waals surface area contributed by atoms with Crippen LogP contribution in [0.1, 0.15) is 26.7 Å². The molecule has 0 unspecified atom stereocenters. The fourth-order valence-electron chi connectivity index (χ4n) is 1.04. The molecule has 0 aliphatic carbocycles. The molecule has 0 aliphatic heterocycles. The highest BCUT2D eigenvalue weighted by atomic mass is 35.5. The van der Waals surface area contributed by atoms with Crippen LogP contribution >= 0.6 is 11.6 Å². The van der Waals surface area contributed by atoms with Crippen molar-refractivity contribution in [1.29, 1.82) is 0 Å². The van der Waals surface area contributed by atoms with Gasteiger partial charge < -0.3 is 5.32 Å². The van der Waals surface area contributed by atoms with Crippen molar-refractivity contribution in [1.82, 2.24) is 10.0 Å². The van der Waals surface area contributed by atoms with E-state index in [1.165, 1.54) is 0 Å². The number of rotatable bonds is 9. The van der Waals surface area contributed by atoms with Crippen molar-refractivity contribution in [2.75, 3.05) is 24.7 Å². The van der Waals surface area contributed by atoms with Gasteiger partial charge in [-0.05, 0) is 12.3 Å². The van der Waals surface area contributed by atoms with Gasteiger partial charge in [0.1, 0.15) is 0 Å². The largest absolute Gasteiger partial charge is 0.356 e. The highest BCUT2D eigenvalue weighted by molar-refractivity contribution is 7.89. The predicted molar refractivity (Wildman–Crippen MR) is 69.6 cm³/mol. The number of alkyl halides is 1. The Morgan fingerprint density at radius 1 is 1.35 bits per heavy atom.